The number of benzene rings is 1. The Morgan fingerprint density at radius 3 is 2.60 bits per heavy atom. The molecule has 1 amide bonds. The number of nitrogens with zero attached hydrogens (tertiary/aromatic N) is 1. The number of hydrogen-bond donors (Lipinski definition) is 2. The van der Waals surface area contributed by atoms with Crippen molar-refractivity contribution in [2.75, 3.05) is 5.43 Å². The molecule has 0 aliphatic heterocycles. The third-order valence-corrected chi connectivity index (χ3v) is 2.39. The van der Waals surface area contributed by atoms with Crippen LogP contribution in [0, 0.1) is 6.92 Å². The van der Waals surface area contributed by atoms with Gasteiger partial charge < -0.3 is 4.52 Å². The molecule has 0 spiro atoms. The number of carbonyl (C=O) groups excluding carboxylic acids is 1. The zero-order valence-corrected chi connectivity index (χ0v) is 10.3. The number of nitrogens with one attached hydrogen (secondary N) is 2. The second kappa shape index (κ2) is 5.24. The molecule has 0 saturated carbocycles. The fraction of sp³-hybridized carbons (Fsp3) is 0.167. The van der Waals surface area contributed by atoms with Crippen molar-refractivity contribution in [1.29, 1.82) is 0 Å². The SMILES string of the molecule is Cc1cc(C(=O)NNc2ccccc2C(F)(F)F)on1. The minimum Gasteiger partial charge on any atom is -0.351 e. The molecule has 20 heavy (non-hydrogen) atoms. The number of alkyl halides is 3. The summed E-state index contributed by atoms with van der Waals surface area (Å²) < 4.78 is 42.8. The molecule has 0 fully saturated rings. The number of aromatic nitrogens is 1. The minimum absolute atomic E-state index is 0.0977. The monoisotopic (exact) mass is 285 g/mol. The van der Waals surface area contributed by atoms with Crippen LogP contribution in [0.25, 0.3) is 0 Å². The summed E-state index contributed by atoms with van der Waals surface area (Å²) in [5, 5.41) is 3.51. The Labute approximate surface area is 111 Å². The van der Waals surface area contributed by atoms with Crippen LogP contribution in [0.3, 0.4) is 0 Å². The van der Waals surface area contributed by atoms with Crippen LogP contribution >= 0.6 is 0 Å². The average molecular weight is 285 g/mol. The van der Waals surface area contributed by atoms with Crippen LogP contribution in [-0.2, 0) is 6.18 Å². The average Bonchev–Trinajstić information content (AvgIpc) is 2.82. The highest BCUT2D eigenvalue weighted by molar-refractivity contribution is 5.92. The summed E-state index contributed by atoms with van der Waals surface area (Å²) in [4.78, 5) is 11.6. The number of amides is 1. The third kappa shape index (κ3) is 3.08. The number of carbonyl (C=O) groups is 1. The fourth-order valence-electron chi connectivity index (χ4n) is 1.50. The molecule has 0 saturated heterocycles. The maximum atomic E-state index is 12.7. The van der Waals surface area contributed by atoms with E-state index < -0.39 is 17.6 Å². The van der Waals surface area contributed by atoms with Gasteiger partial charge in [0.1, 0.15) is 0 Å². The van der Waals surface area contributed by atoms with E-state index in [9.17, 15) is 18.0 Å². The lowest BCUT2D eigenvalue weighted by Crippen LogP contribution is -2.30. The van der Waals surface area contributed by atoms with Crippen LogP contribution in [0.15, 0.2) is 34.9 Å². The zero-order valence-electron chi connectivity index (χ0n) is 10.3. The van der Waals surface area contributed by atoms with Crippen molar-refractivity contribution < 1.29 is 22.5 Å². The lowest BCUT2D eigenvalue weighted by molar-refractivity contribution is -0.137. The minimum atomic E-state index is -4.52. The van der Waals surface area contributed by atoms with Crippen molar-refractivity contribution in [3.63, 3.8) is 0 Å². The molecule has 5 nitrogen and oxygen atoms in total. The van der Waals surface area contributed by atoms with E-state index in [1.54, 1.807) is 6.92 Å². The van der Waals surface area contributed by atoms with Crippen molar-refractivity contribution in [3.05, 3.63) is 47.3 Å². The summed E-state index contributed by atoms with van der Waals surface area (Å²) in [6, 6.07) is 6.16. The first-order valence-corrected chi connectivity index (χ1v) is 5.54. The molecule has 1 aromatic carbocycles. The Bertz CT molecular complexity index is 622. The molecule has 1 heterocycles. The van der Waals surface area contributed by atoms with Crippen LogP contribution in [0.5, 0.6) is 0 Å². The molecule has 2 N–H and O–H groups in total. The second-order valence-electron chi connectivity index (χ2n) is 3.96. The number of rotatable bonds is 3. The molecule has 0 bridgehead atoms. The third-order valence-electron chi connectivity index (χ3n) is 2.39. The Morgan fingerprint density at radius 2 is 2.00 bits per heavy atom. The van der Waals surface area contributed by atoms with Gasteiger partial charge >= 0.3 is 12.1 Å². The van der Waals surface area contributed by atoms with Crippen LogP contribution in [-0.4, -0.2) is 11.1 Å². The molecule has 106 valence electrons. The standard InChI is InChI=1S/C12H10F3N3O2/c1-7-6-10(20-18-7)11(19)17-16-9-5-3-2-4-8(9)12(13,14)15/h2-6,16H,1H3,(H,17,19). The highest BCUT2D eigenvalue weighted by Gasteiger charge is 2.33. The van der Waals surface area contributed by atoms with E-state index in [1.165, 1.54) is 24.3 Å². The Balaban J connectivity index is 2.10. The lowest BCUT2D eigenvalue weighted by Gasteiger charge is -2.14. The van der Waals surface area contributed by atoms with Crippen molar-refractivity contribution in [3.8, 4) is 0 Å². The Hall–Kier alpha value is -2.51. The summed E-state index contributed by atoms with van der Waals surface area (Å²) in [6.07, 6.45) is -4.52. The molecular weight excluding hydrogens is 275 g/mol. The van der Waals surface area contributed by atoms with Gasteiger partial charge in [0.25, 0.3) is 0 Å². The van der Waals surface area contributed by atoms with Gasteiger partial charge in [0.15, 0.2) is 0 Å². The molecular formula is C12H10F3N3O2. The topological polar surface area (TPSA) is 67.2 Å². The first-order chi connectivity index (χ1) is 9.38. The van der Waals surface area contributed by atoms with Gasteiger partial charge in [0.2, 0.25) is 5.76 Å². The van der Waals surface area contributed by atoms with Crippen molar-refractivity contribution in [2.45, 2.75) is 13.1 Å². The van der Waals surface area contributed by atoms with Crippen molar-refractivity contribution in [1.82, 2.24) is 10.6 Å². The van der Waals surface area contributed by atoms with Gasteiger partial charge in [-0.05, 0) is 19.1 Å². The molecule has 2 aromatic rings. The molecule has 1 aromatic heterocycles. The lowest BCUT2D eigenvalue weighted by atomic mass is 10.2. The largest absolute Gasteiger partial charge is 0.418 e. The number of hydrogen-bond acceptors (Lipinski definition) is 4. The normalized spacial score (nSPS) is 11.2. The molecule has 0 aliphatic carbocycles. The molecule has 8 heteroatoms. The predicted octanol–water partition coefficient (Wildman–Crippen LogP) is 2.76. The van der Waals surface area contributed by atoms with Crippen LogP contribution in [0.2, 0.25) is 0 Å². The van der Waals surface area contributed by atoms with Crippen molar-refractivity contribution >= 4 is 11.6 Å². The van der Waals surface area contributed by atoms with Gasteiger partial charge in [-0.25, -0.2) is 0 Å². The number of halogens is 3. The summed E-state index contributed by atoms with van der Waals surface area (Å²) in [6.45, 7) is 1.62. The first-order valence-electron chi connectivity index (χ1n) is 5.54. The summed E-state index contributed by atoms with van der Waals surface area (Å²) in [5.74, 6) is -0.818. The maximum absolute atomic E-state index is 12.7. The van der Waals surface area contributed by atoms with Gasteiger partial charge in [-0.2, -0.15) is 13.2 Å². The molecule has 0 radical (unpaired) electrons. The van der Waals surface area contributed by atoms with Gasteiger partial charge in [-0.1, -0.05) is 17.3 Å². The van der Waals surface area contributed by atoms with Gasteiger partial charge in [0.05, 0.1) is 16.9 Å². The van der Waals surface area contributed by atoms with Crippen LogP contribution < -0.4 is 10.9 Å². The highest BCUT2D eigenvalue weighted by atomic mass is 19.4. The van der Waals surface area contributed by atoms with Crippen LogP contribution in [0.1, 0.15) is 21.8 Å². The second-order valence-corrected chi connectivity index (χ2v) is 3.96. The summed E-state index contributed by atoms with van der Waals surface area (Å²) >= 11 is 0. The van der Waals surface area contributed by atoms with E-state index in [4.69, 9.17) is 0 Å². The number of anilines is 1. The van der Waals surface area contributed by atoms with E-state index in [2.05, 4.69) is 20.5 Å². The molecule has 0 unspecified atom stereocenters. The predicted molar refractivity (Wildman–Crippen MR) is 63.8 cm³/mol. The number of hydrazine groups is 1. The molecule has 2 rings (SSSR count). The first kappa shape index (κ1) is 13.9. The summed E-state index contributed by atoms with van der Waals surface area (Å²) in [7, 11) is 0. The molecule has 0 aliphatic rings. The van der Waals surface area contributed by atoms with E-state index in [0.29, 0.717) is 5.69 Å². The highest BCUT2D eigenvalue weighted by Crippen LogP contribution is 2.34. The van der Waals surface area contributed by atoms with Gasteiger partial charge in [-0.3, -0.25) is 15.6 Å². The van der Waals surface area contributed by atoms with E-state index in [1.807, 2.05) is 0 Å². The number of para-hydroxylation sites is 1. The van der Waals surface area contributed by atoms with E-state index in [0.717, 1.165) is 6.07 Å². The van der Waals surface area contributed by atoms with Gasteiger partial charge in [-0.15, -0.1) is 0 Å². The smallest absolute Gasteiger partial charge is 0.351 e. The van der Waals surface area contributed by atoms with Gasteiger partial charge in [0, 0.05) is 6.07 Å². The Kier molecular flexibility index (Phi) is 3.64. The van der Waals surface area contributed by atoms with E-state index in [-0.39, 0.29) is 11.4 Å². The fourth-order valence-corrected chi connectivity index (χ4v) is 1.50. The molecule has 0 atom stereocenters. The Morgan fingerprint density at radius 1 is 1.30 bits per heavy atom. The quantitative estimate of drug-likeness (QED) is 0.851. The summed E-state index contributed by atoms with van der Waals surface area (Å²) in [5.41, 5.74) is 3.69. The van der Waals surface area contributed by atoms with E-state index >= 15 is 0 Å². The maximum Gasteiger partial charge on any atom is 0.418 e. The number of aryl methyl sites for hydroxylation is 1. The van der Waals surface area contributed by atoms with Crippen LogP contribution in [0.4, 0.5) is 18.9 Å². The zero-order chi connectivity index (χ0) is 14.8. The van der Waals surface area contributed by atoms with Crippen molar-refractivity contribution in [2.24, 2.45) is 0 Å².